The number of imidazole rings is 1. The van der Waals surface area contributed by atoms with Gasteiger partial charge in [0.1, 0.15) is 23.6 Å². The van der Waals surface area contributed by atoms with Gasteiger partial charge in [0, 0.05) is 51.5 Å². The van der Waals surface area contributed by atoms with Crippen LogP contribution in [0.4, 0.5) is 20.4 Å². The number of nitriles is 1. The van der Waals surface area contributed by atoms with E-state index in [0.29, 0.717) is 63.8 Å². The molecule has 0 aliphatic carbocycles. The summed E-state index contributed by atoms with van der Waals surface area (Å²) in [5.74, 6) is -0.731. The van der Waals surface area contributed by atoms with Crippen LogP contribution in [0.2, 0.25) is 0 Å². The highest BCUT2D eigenvalue weighted by Gasteiger charge is 2.33. The Kier molecular flexibility index (Phi) is 8.37. The number of hydrogen-bond acceptors (Lipinski definition) is 9. The zero-order valence-electron chi connectivity index (χ0n) is 22.8. The number of piperidine rings is 1. The second kappa shape index (κ2) is 12.1. The maximum absolute atomic E-state index is 16.5. The Morgan fingerprint density at radius 1 is 1.18 bits per heavy atom. The first-order valence-corrected chi connectivity index (χ1v) is 13.4. The number of morpholine rings is 1. The van der Waals surface area contributed by atoms with E-state index in [9.17, 15) is 9.18 Å². The summed E-state index contributed by atoms with van der Waals surface area (Å²) in [6.07, 6.45) is 4.13. The smallest absolute Gasteiger partial charge is 0.236 e. The molecule has 3 aromatic heterocycles. The highest BCUT2D eigenvalue weighted by molar-refractivity contribution is 5.78. The Balaban J connectivity index is 1.62. The molecule has 2 fully saturated rings. The number of carbonyl (C=O) groups excluding carboxylic acids is 1. The van der Waals surface area contributed by atoms with Gasteiger partial charge in [0.15, 0.2) is 17.5 Å². The lowest BCUT2D eigenvalue weighted by Crippen LogP contribution is -2.52. The molecule has 0 aromatic carbocycles. The average Bonchev–Trinajstić information content (AvgIpc) is 3.37. The van der Waals surface area contributed by atoms with Gasteiger partial charge in [-0.2, -0.15) is 9.65 Å². The molecule has 5 rings (SSSR count). The van der Waals surface area contributed by atoms with Crippen molar-refractivity contribution < 1.29 is 18.3 Å². The van der Waals surface area contributed by atoms with Gasteiger partial charge in [0.05, 0.1) is 25.5 Å². The Hall–Kier alpha value is -3.89. The van der Waals surface area contributed by atoms with E-state index in [0.717, 1.165) is 12.8 Å². The van der Waals surface area contributed by atoms with Crippen molar-refractivity contribution in [3.8, 4) is 17.6 Å². The first kappa shape index (κ1) is 27.7. The Morgan fingerprint density at radius 2 is 1.98 bits per heavy atom. The quantitative estimate of drug-likeness (QED) is 0.415. The summed E-state index contributed by atoms with van der Waals surface area (Å²) in [6.45, 7) is 3.81. The predicted octanol–water partition coefficient (Wildman–Crippen LogP) is 2.18. The summed E-state index contributed by atoms with van der Waals surface area (Å²) >= 11 is 0. The molecule has 0 N–H and O–H groups in total. The van der Waals surface area contributed by atoms with E-state index in [-0.39, 0.29) is 35.8 Å². The van der Waals surface area contributed by atoms with Crippen LogP contribution >= 0.6 is 0 Å². The summed E-state index contributed by atoms with van der Waals surface area (Å²) in [7, 11) is 3.88. The molecule has 5 heterocycles. The lowest BCUT2D eigenvalue weighted by Gasteiger charge is -2.41. The van der Waals surface area contributed by atoms with Gasteiger partial charge in [-0.05, 0) is 39.1 Å². The molecular weight excluding hydrogens is 520 g/mol. The molecule has 0 radical (unpaired) electrons. The molecular formula is C27H33F2N9O2. The number of amides is 1. The van der Waals surface area contributed by atoms with Crippen molar-refractivity contribution in [3.05, 3.63) is 36.2 Å². The maximum atomic E-state index is 16.5. The van der Waals surface area contributed by atoms with Crippen molar-refractivity contribution in [1.82, 2.24) is 29.2 Å². The van der Waals surface area contributed by atoms with Gasteiger partial charge in [-0.1, -0.05) is 0 Å². The number of likely N-dealkylation sites (N-methyl/N-ethyl adjacent to an activating group) is 1. The minimum absolute atomic E-state index is 0.124. The van der Waals surface area contributed by atoms with Crippen molar-refractivity contribution in [2.45, 2.75) is 25.3 Å². The molecule has 1 atom stereocenters. The lowest BCUT2D eigenvalue weighted by atomic mass is 10.0. The Morgan fingerprint density at radius 3 is 2.73 bits per heavy atom. The van der Waals surface area contributed by atoms with E-state index < -0.39 is 11.6 Å². The first-order chi connectivity index (χ1) is 19.4. The second-order valence-corrected chi connectivity index (χ2v) is 10.3. The van der Waals surface area contributed by atoms with Crippen molar-refractivity contribution in [3.63, 3.8) is 0 Å². The summed E-state index contributed by atoms with van der Waals surface area (Å²) in [5, 5.41) is 9.05. The fraction of sp³-hybridized carbons (Fsp3) is 0.519. The topological polar surface area (TPSA) is 106 Å². The minimum atomic E-state index is -0.551. The number of fused-ring (bicyclic) bond motifs is 1. The molecule has 0 bridgehead atoms. The zero-order chi connectivity index (χ0) is 28.2. The van der Waals surface area contributed by atoms with Crippen molar-refractivity contribution >= 4 is 23.2 Å². The van der Waals surface area contributed by atoms with E-state index in [1.165, 1.54) is 12.3 Å². The number of nitrogens with zero attached hydrogens (tertiary/aromatic N) is 9. The van der Waals surface area contributed by atoms with Crippen molar-refractivity contribution in [2.24, 2.45) is 0 Å². The fourth-order valence-corrected chi connectivity index (χ4v) is 5.22. The molecule has 13 heteroatoms. The summed E-state index contributed by atoms with van der Waals surface area (Å²) in [5.41, 5.74) is 0.953. The SMILES string of the molecule is CN(C)CCN(c1nc(-c2cnc3ccc(F)cn23)nc(N2CCOCC2)c1F)C1CCCN(C(=O)CC#N)C1. The van der Waals surface area contributed by atoms with Crippen LogP contribution in [0.5, 0.6) is 0 Å². The largest absolute Gasteiger partial charge is 0.378 e. The molecule has 212 valence electrons. The molecule has 2 aliphatic heterocycles. The van der Waals surface area contributed by atoms with E-state index in [1.807, 2.05) is 34.9 Å². The van der Waals surface area contributed by atoms with Crippen LogP contribution < -0.4 is 9.80 Å². The normalized spacial score (nSPS) is 17.9. The standard InChI is InChI=1S/C27H33F2N9O2/c1-34(2)10-11-37(20-4-3-9-36(18-20)23(39)7-8-30)27-24(29)26(35-12-14-40-15-13-35)32-25(33-27)21-16-31-22-6-5-19(28)17-38(21)22/h5-6,16-17,20H,3-4,7,9-15,18H2,1-2H3. The Labute approximate surface area is 231 Å². The third kappa shape index (κ3) is 5.83. The van der Waals surface area contributed by atoms with Gasteiger partial charge >= 0.3 is 0 Å². The summed E-state index contributed by atoms with van der Waals surface area (Å²) in [4.78, 5) is 33.7. The van der Waals surface area contributed by atoms with Crippen molar-refractivity contribution in [1.29, 1.82) is 5.26 Å². The minimum Gasteiger partial charge on any atom is -0.378 e. The van der Waals surface area contributed by atoms with Gasteiger partial charge in [-0.25, -0.2) is 19.3 Å². The highest BCUT2D eigenvalue weighted by Crippen LogP contribution is 2.32. The number of carbonyl (C=O) groups is 1. The number of pyridine rings is 1. The monoisotopic (exact) mass is 553 g/mol. The molecule has 2 aliphatic rings. The summed E-state index contributed by atoms with van der Waals surface area (Å²) < 4.78 is 37.7. The molecule has 1 unspecified atom stereocenters. The number of halogens is 2. The highest BCUT2D eigenvalue weighted by atomic mass is 19.1. The van der Waals surface area contributed by atoms with Crippen LogP contribution in [-0.4, -0.2) is 108 Å². The second-order valence-electron chi connectivity index (χ2n) is 10.3. The number of anilines is 2. The molecule has 0 saturated carbocycles. The van der Waals surface area contributed by atoms with Crippen LogP contribution in [0.15, 0.2) is 24.5 Å². The lowest BCUT2D eigenvalue weighted by molar-refractivity contribution is -0.131. The van der Waals surface area contributed by atoms with Gasteiger partial charge < -0.3 is 24.3 Å². The Bertz CT molecular complexity index is 1400. The molecule has 0 spiro atoms. The van der Waals surface area contributed by atoms with E-state index in [2.05, 4.69) is 9.97 Å². The zero-order valence-corrected chi connectivity index (χ0v) is 22.8. The van der Waals surface area contributed by atoms with Crippen molar-refractivity contribution in [2.75, 3.05) is 76.4 Å². The number of rotatable bonds is 8. The fourth-order valence-electron chi connectivity index (χ4n) is 5.22. The third-order valence-electron chi connectivity index (χ3n) is 7.31. The van der Waals surface area contributed by atoms with E-state index >= 15 is 4.39 Å². The van der Waals surface area contributed by atoms with Gasteiger partial charge in [-0.3, -0.25) is 9.20 Å². The average molecular weight is 554 g/mol. The molecule has 11 nitrogen and oxygen atoms in total. The molecule has 40 heavy (non-hydrogen) atoms. The van der Waals surface area contributed by atoms with Crippen LogP contribution in [0.25, 0.3) is 17.2 Å². The number of likely N-dealkylation sites (tertiary alicyclic amines) is 1. The van der Waals surface area contributed by atoms with Gasteiger partial charge in [0.2, 0.25) is 11.7 Å². The molecule has 3 aromatic rings. The summed E-state index contributed by atoms with van der Waals surface area (Å²) in [6, 6.07) is 4.60. The predicted molar refractivity (Wildman–Crippen MR) is 145 cm³/mol. The third-order valence-corrected chi connectivity index (χ3v) is 7.31. The van der Waals surface area contributed by atoms with Crippen LogP contribution in [-0.2, 0) is 9.53 Å². The van der Waals surface area contributed by atoms with Crippen LogP contribution in [0, 0.1) is 23.0 Å². The van der Waals surface area contributed by atoms with Crippen LogP contribution in [0.3, 0.4) is 0 Å². The molecule has 2 saturated heterocycles. The first-order valence-electron chi connectivity index (χ1n) is 13.4. The maximum Gasteiger partial charge on any atom is 0.236 e. The number of aromatic nitrogens is 4. The number of ether oxygens (including phenoxy) is 1. The van der Waals surface area contributed by atoms with E-state index in [1.54, 1.807) is 21.6 Å². The van der Waals surface area contributed by atoms with Gasteiger partial charge in [0.25, 0.3) is 0 Å². The van der Waals surface area contributed by atoms with Gasteiger partial charge in [-0.15, -0.1) is 0 Å². The molecule has 1 amide bonds. The number of hydrogen-bond donors (Lipinski definition) is 0. The van der Waals surface area contributed by atoms with Crippen LogP contribution in [0.1, 0.15) is 19.3 Å². The van der Waals surface area contributed by atoms with E-state index in [4.69, 9.17) is 15.0 Å².